The largest absolute Gasteiger partial charge is 0.346 e. The average Bonchev–Trinajstić information content (AvgIpc) is 3.42. The third kappa shape index (κ3) is 3.87. The molecule has 5 heteroatoms. The van der Waals surface area contributed by atoms with Gasteiger partial charge in [-0.3, -0.25) is 9.69 Å². The summed E-state index contributed by atoms with van der Waals surface area (Å²) in [5.41, 5.74) is 2.90. The molecule has 1 amide bonds. The summed E-state index contributed by atoms with van der Waals surface area (Å²) >= 11 is 0. The second kappa shape index (κ2) is 6.92. The molecule has 2 aromatic rings. The first-order chi connectivity index (χ1) is 12.2. The van der Waals surface area contributed by atoms with E-state index in [0.29, 0.717) is 17.5 Å². The molecule has 1 aliphatic heterocycles. The zero-order chi connectivity index (χ0) is 17.2. The SMILES string of the molecule is C[C@@H]1CN(Cc2ccccc2)C[C@@H]1NC(=O)c1cc(C2CC2)cnn1. The van der Waals surface area contributed by atoms with Crippen LogP contribution in [0.1, 0.15) is 47.3 Å². The van der Waals surface area contributed by atoms with Gasteiger partial charge in [0.15, 0.2) is 5.69 Å². The second-order valence-corrected chi connectivity index (χ2v) is 7.39. The maximum absolute atomic E-state index is 12.6. The Morgan fingerprint density at radius 3 is 2.80 bits per heavy atom. The van der Waals surface area contributed by atoms with Crippen LogP contribution in [0, 0.1) is 5.92 Å². The van der Waals surface area contributed by atoms with Crippen molar-refractivity contribution in [2.75, 3.05) is 13.1 Å². The lowest BCUT2D eigenvalue weighted by atomic mass is 10.1. The van der Waals surface area contributed by atoms with Gasteiger partial charge >= 0.3 is 0 Å². The Labute approximate surface area is 148 Å². The molecule has 1 aromatic carbocycles. The zero-order valence-electron chi connectivity index (χ0n) is 14.6. The molecule has 1 N–H and O–H groups in total. The topological polar surface area (TPSA) is 58.1 Å². The van der Waals surface area contributed by atoms with E-state index in [1.54, 1.807) is 6.20 Å². The van der Waals surface area contributed by atoms with Gasteiger partial charge in [-0.2, -0.15) is 5.10 Å². The van der Waals surface area contributed by atoms with Gasteiger partial charge in [-0.25, -0.2) is 0 Å². The monoisotopic (exact) mass is 336 g/mol. The molecule has 25 heavy (non-hydrogen) atoms. The van der Waals surface area contributed by atoms with Crippen molar-refractivity contribution in [3.63, 3.8) is 0 Å². The first-order valence-electron chi connectivity index (χ1n) is 9.09. The molecule has 1 aliphatic carbocycles. The van der Waals surface area contributed by atoms with Crippen LogP contribution in [0.25, 0.3) is 0 Å². The van der Waals surface area contributed by atoms with Crippen LogP contribution in [0.3, 0.4) is 0 Å². The van der Waals surface area contributed by atoms with E-state index in [-0.39, 0.29) is 11.9 Å². The zero-order valence-corrected chi connectivity index (χ0v) is 14.6. The number of carbonyl (C=O) groups excluding carboxylic acids is 1. The summed E-state index contributed by atoms with van der Waals surface area (Å²) in [5, 5.41) is 11.2. The van der Waals surface area contributed by atoms with E-state index in [1.165, 1.54) is 18.4 Å². The Hall–Kier alpha value is -2.27. The van der Waals surface area contributed by atoms with Gasteiger partial charge in [-0.05, 0) is 41.9 Å². The number of aromatic nitrogens is 2. The summed E-state index contributed by atoms with van der Waals surface area (Å²) < 4.78 is 0. The highest BCUT2D eigenvalue weighted by Gasteiger charge is 2.31. The Morgan fingerprint density at radius 2 is 2.04 bits per heavy atom. The summed E-state index contributed by atoms with van der Waals surface area (Å²) in [5.74, 6) is 0.898. The molecule has 2 heterocycles. The molecular weight excluding hydrogens is 312 g/mol. The third-order valence-electron chi connectivity index (χ3n) is 5.21. The van der Waals surface area contributed by atoms with E-state index in [1.807, 2.05) is 12.1 Å². The minimum Gasteiger partial charge on any atom is -0.346 e. The fraction of sp³-hybridized carbons (Fsp3) is 0.450. The van der Waals surface area contributed by atoms with E-state index in [4.69, 9.17) is 0 Å². The molecule has 0 unspecified atom stereocenters. The van der Waals surface area contributed by atoms with Crippen molar-refractivity contribution < 1.29 is 4.79 Å². The number of hydrogen-bond acceptors (Lipinski definition) is 4. The van der Waals surface area contributed by atoms with Gasteiger partial charge in [0.2, 0.25) is 0 Å². The number of benzene rings is 1. The van der Waals surface area contributed by atoms with Crippen LogP contribution >= 0.6 is 0 Å². The van der Waals surface area contributed by atoms with Gasteiger partial charge in [0, 0.05) is 25.7 Å². The van der Waals surface area contributed by atoms with E-state index in [0.717, 1.165) is 25.2 Å². The maximum atomic E-state index is 12.6. The van der Waals surface area contributed by atoms with Crippen molar-refractivity contribution in [3.8, 4) is 0 Å². The molecule has 1 aromatic heterocycles. The van der Waals surface area contributed by atoms with E-state index >= 15 is 0 Å². The van der Waals surface area contributed by atoms with Crippen LogP contribution < -0.4 is 5.32 Å². The molecule has 0 radical (unpaired) electrons. The van der Waals surface area contributed by atoms with Gasteiger partial charge in [-0.1, -0.05) is 37.3 Å². The normalized spacial score (nSPS) is 23.6. The lowest BCUT2D eigenvalue weighted by molar-refractivity contribution is 0.0925. The molecule has 1 saturated carbocycles. The Kier molecular flexibility index (Phi) is 4.49. The highest BCUT2D eigenvalue weighted by atomic mass is 16.2. The van der Waals surface area contributed by atoms with Crippen molar-refractivity contribution in [1.82, 2.24) is 20.4 Å². The minimum absolute atomic E-state index is 0.103. The van der Waals surface area contributed by atoms with Crippen molar-refractivity contribution in [1.29, 1.82) is 0 Å². The average molecular weight is 336 g/mol. The molecular formula is C20H24N4O. The molecule has 4 rings (SSSR count). The highest BCUT2D eigenvalue weighted by molar-refractivity contribution is 5.92. The number of likely N-dealkylation sites (tertiary alicyclic amines) is 1. The van der Waals surface area contributed by atoms with Crippen molar-refractivity contribution in [2.24, 2.45) is 5.92 Å². The molecule has 1 saturated heterocycles. The molecule has 2 aliphatic rings. The van der Waals surface area contributed by atoms with Crippen LogP contribution in [-0.2, 0) is 6.54 Å². The molecule has 0 bridgehead atoms. The van der Waals surface area contributed by atoms with Gasteiger partial charge < -0.3 is 5.32 Å². The first-order valence-corrected chi connectivity index (χ1v) is 9.09. The Bertz CT molecular complexity index is 744. The number of nitrogens with zero attached hydrogens (tertiary/aromatic N) is 3. The minimum atomic E-state index is -0.103. The predicted octanol–water partition coefficient (Wildman–Crippen LogP) is 2.60. The fourth-order valence-electron chi connectivity index (χ4n) is 3.60. The molecule has 5 nitrogen and oxygen atoms in total. The summed E-state index contributed by atoms with van der Waals surface area (Å²) in [6.07, 6.45) is 4.18. The number of hydrogen-bond donors (Lipinski definition) is 1. The Morgan fingerprint density at radius 1 is 1.24 bits per heavy atom. The van der Waals surface area contributed by atoms with Crippen molar-refractivity contribution in [2.45, 2.75) is 38.3 Å². The summed E-state index contributed by atoms with van der Waals surface area (Å²) in [6, 6.07) is 12.5. The number of carbonyl (C=O) groups is 1. The van der Waals surface area contributed by atoms with E-state index in [9.17, 15) is 4.79 Å². The maximum Gasteiger partial charge on any atom is 0.272 e. The van der Waals surface area contributed by atoms with Gasteiger partial charge in [0.25, 0.3) is 5.91 Å². The van der Waals surface area contributed by atoms with Gasteiger partial charge in [0.05, 0.1) is 6.20 Å². The van der Waals surface area contributed by atoms with Crippen LogP contribution in [0.15, 0.2) is 42.6 Å². The van der Waals surface area contributed by atoms with Gasteiger partial charge in [0.1, 0.15) is 0 Å². The third-order valence-corrected chi connectivity index (χ3v) is 5.21. The second-order valence-electron chi connectivity index (χ2n) is 7.39. The Balaban J connectivity index is 1.37. The van der Waals surface area contributed by atoms with Gasteiger partial charge in [-0.15, -0.1) is 5.10 Å². The quantitative estimate of drug-likeness (QED) is 0.912. The van der Waals surface area contributed by atoms with Crippen LogP contribution in [0.5, 0.6) is 0 Å². The summed E-state index contributed by atoms with van der Waals surface area (Å²) in [6.45, 7) is 4.99. The molecule has 0 spiro atoms. The van der Waals surface area contributed by atoms with E-state index in [2.05, 4.69) is 51.6 Å². The van der Waals surface area contributed by atoms with Crippen molar-refractivity contribution in [3.05, 3.63) is 59.4 Å². The van der Waals surface area contributed by atoms with Crippen LogP contribution in [-0.4, -0.2) is 40.1 Å². The fourth-order valence-corrected chi connectivity index (χ4v) is 3.60. The van der Waals surface area contributed by atoms with E-state index < -0.39 is 0 Å². The number of amides is 1. The predicted molar refractivity (Wildman–Crippen MR) is 96.1 cm³/mol. The van der Waals surface area contributed by atoms with Crippen LogP contribution in [0.4, 0.5) is 0 Å². The lowest BCUT2D eigenvalue weighted by Crippen LogP contribution is -2.40. The standard InChI is InChI=1S/C20H24N4O/c1-14-11-24(12-15-5-3-2-4-6-15)13-19(14)22-20(25)18-9-17(10-21-23-18)16-7-8-16/h2-6,9-10,14,16,19H,7-8,11-13H2,1H3,(H,22,25)/t14-,19+/m1/s1. The first kappa shape index (κ1) is 16.2. The number of nitrogens with one attached hydrogen (secondary N) is 1. The molecule has 2 atom stereocenters. The smallest absolute Gasteiger partial charge is 0.272 e. The molecule has 130 valence electrons. The summed E-state index contributed by atoms with van der Waals surface area (Å²) in [7, 11) is 0. The number of rotatable bonds is 5. The summed E-state index contributed by atoms with van der Waals surface area (Å²) in [4.78, 5) is 15.0. The van der Waals surface area contributed by atoms with Crippen LogP contribution in [0.2, 0.25) is 0 Å². The van der Waals surface area contributed by atoms with Crippen molar-refractivity contribution >= 4 is 5.91 Å². The molecule has 2 fully saturated rings. The highest BCUT2D eigenvalue weighted by Crippen LogP contribution is 2.39. The lowest BCUT2D eigenvalue weighted by Gasteiger charge is -2.17.